The minimum atomic E-state index is -2.18. The van der Waals surface area contributed by atoms with Gasteiger partial charge in [-0.05, 0) is 95.3 Å². The first-order valence-electron chi connectivity index (χ1n) is 19.2. The van der Waals surface area contributed by atoms with E-state index in [1.54, 1.807) is 0 Å². The van der Waals surface area contributed by atoms with E-state index < -0.39 is 8.07 Å². The Labute approximate surface area is 325 Å². The summed E-state index contributed by atoms with van der Waals surface area (Å²) in [5.74, 6) is 0. The van der Waals surface area contributed by atoms with Gasteiger partial charge in [-0.25, -0.2) is 0 Å². The van der Waals surface area contributed by atoms with E-state index in [9.17, 15) is 0 Å². The molecule has 0 unspecified atom stereocenters. The Kier molecular flexibility index (Phi) is 8.04. The van der Waals surface area contributed by atoms with Gasteiger partial charge in [-0.1, -0.05) is 151 Å². The third-order valence-electron chi connectivity index (χ3n) is 11.5. The van der Waals surface area contributed by atoms with Crippen LogP contribution in [-0.4, -0.2) is 14.8 Å². The lowest BCUT2D eigenvalue weighted by Crippen LogP contribution is -2.62. The molecule has 0 N–H and O–H groups in total. The molecule has 0 atom stereocenters. The van der Waals surface area contributed by atoms with Crippen LogP contribution in [0.5, 0.6) is 0 Å². The van der Waals surface area contributed by atoms with Crippen molar-refractivity contribution in [2.45, 2.75) is 13.1 Å². The van der Waals surface area contributed by atoms with Gasteiger partial charge in [-0.3, -0.25) is 0 Å². The van der Waals surface area contributed by atoms with Crippen molar-refractivity contribution in [1.29, 1.82) is 0 Å². The molecule has 10 rings (SSSR count). The Morgan fingerprint density at radius 3 is 1.40 bits per heavy atom. The van der Waals surface area contributed by atoms with Gasteiger partial charge < -0.3 is 14.7 Å². The molecule has 2 heterocycles. The molecule has 262 valence electrons. The van der Waals surface area contributed by atoms with Crippen molar-refractivity contribution >= 4 is 92.7 Å². The number of hydrogen-bond acceptors (Lipinski definition) is 3. The molecular weight excluding hydrogens is 681 g/mol. The molecule has 5 heteroatoms. The summed E-state index contributed by atoms with van der Waals surface area (Å²) in [6.07, 6.45) is 0. The van der Waals surface area contributed by atoms with Crippen LogP contribution < -0.4 is 41.5 Å². The van der Waals surface area contributed by atoms with Gasteiger partial charge >= 0.3 is 0 Å². The van der Waals surface area contributed by atoms with Crippen LogP contribution in [0.15, 0.2) is 206 Å². The molecule has 55 heavy (non-hydrogen) atoms. The zero-order chi connectivity index (χ0) is 36.9. The van der Waals surface area contributed by atoms with E-state index in [1.165, 1.54) is 55.2 Å². The third kappa shape index (κ3) is 5.50. The van der Waals surface area contributed by atoms with Crippen molar-refractivity contribution < 1.29 is 0 Å². The SMILES string of the molecule is C[Si](C)(c1ccccc1)c1cc2c3c(c1)N(c1ccccc1)c1cc(N(c4ccccc4)c4ccccc4)ccc1B3c1ccccc1N2c1ccccc1. The van der Waals surface area contributed by atoms with Crippen LogP contribution in [0.3, 0.4) is 0 Å². The van der Waals surface area contributed by atoms with E-state index in [-0.39, 0.29) is 6.71 Å². The fourth-order valence-corrected chi connectivity index (χ4v) is 11.1. The predicted molar refractivity (Wildman–Crippen MR) is 238 cm³/mol. The van der Waals surface area contributed by atoms with Gasteiger partial charge in [-0.2, -0.15) is 0 Å². The second kappa shape index (κ2) is 13.4. The standard InChI is InChI=1S/C50H40BN3Si/c1-55(2,42-28-16-7-17-29-42)43-35-48-50-49(36-43)54(40-26-14-6-15-27-40)47-34-41(52(37-20-8-3-9-21-37)38-22-10-4-11-23-38)32-33-45(47)51(50)44-30-18-19-31-46(44)53(48)39-24-12-5-13-25-39/h3-36H,1-2H3. The van der Waals surface area contributed by atoms with E-state index in [1.807, 2.05) is 0 Å². The van der Waals surface area contributed by atoms with Crippen molar-refractivity contribution in [3.63, 3.8) is 0 Å². The first kappa shape index (κ1) is 33.0. The minimum Gasteiger partial charge on any atom is -0.311 e. The highest BCUT2D eigenvalue weighted by molar-refractivity contribution is 7.02. The molecule has 0 aliphatic carbocycles. The highest BCUT2D eigenvalue weighted by Gasteiger charge is 2.44. The normalized spacial score (nSPS) is 12.8. The van der Waals surface area contributed by atoms with Crippen LogP contribution in [0.1, 0.15) is 0 Å². The Bertz CT molecular complexity index is 2600. The Hall–Kier alpha value is -6.56. The van der Waals surface area contributed by atoms with Gasteiger partial charge in [0.2, 0.25) is 0 Å². The first-order valence-corrected chi connectivity index (χ1v) is 22.2. The largest absolute Gasteiger partial charge is 0.311 e. The zero-order valence-corrected chi connectivity index (χ0v) is 32.0. The molecule has 2 aliphatic rings. The second-order valence-corrected chi connectivity index (χ2v) is 19.4. The molecule has 3 nitrogen and oxygen atoms in total. The molecule has 8 aromatic rings. The molecule has 0 aromatic heterocycles. The summed E-state index contributed by atoms with van der Waals surface area (Å²) < 4.78 is 0. The van der Waals surface area contributed by atoms with Crippen molar-refractivity contribution in [3.05, 3.63) is 206 Å². The molecule has 8 aromatic carbocycles. The average Bonchev–Trinajstić information content (AvgIpc) is 3.25. The van der Waals surface area contributed by atoms with Gasteiger partial charge in [0.25, 0.3) is 6.71 Å². The lowest BCUT2D eigenvalue weighted by atomic mass is 9.33. The highest BCUT2D eigenvalue weighted by Crippen LogP contribution is 2.45. The van der Waals surface area contributed by atoms with E-state index in [0.717, 1.165) is 22.7 Å². The van der Waals surface area contributed by atoms with Gasteiger partial charge in [0.1, 0.15) is 8.07 Å². The van der Waals surface area contributed by atoms with E-state index in [0.29, 0.717) is 0 Å². The monoisotopic (exact) mass is 721 g/mol. The summed E-state index contributed by atoms with van der Waals surface area (Å²) in [7, 11) is -2.18. The van der Waals surface area contributed by atoms with E-state index in [2.05, 4.69) is 234 Å². The molecule has 0 spiro atoms. The van der Waals surface area contributed by atoms with Crippen LogP contribution in [0.2, 0.25) is 13.1 Å². The summed E-state index contributed by atoms with van der Waals surface area (Å²) in [4.78, 5) is 7.43. The summed E-state index contributed by atoms with van der Waals surface area (Å²) in [5, 5.41) is 2.83. The minimum absolute atomic E-state index is 0.0441. The van der Waals surface area contributed by atoms with Crippen LogP contribution >= 0.6 is 0 Å². The predicted octanol–water partition coefficient (Wildman–Crippen LogP) is 10.1. The van der Waals surface area contributed by atoms with E-state index in [4.69, 9.17) is 0 Å². The van der Waals surface area contributed by atoms with Crippen molar-refractivity contribution in [2.24, 2.45) is 0 Å². The fourth-order valence-electron chi connectivity index (χ4n) is 8.77. The zero-order valence-electron chi connectivity index (χ0n) is 31.0. The van der Waals surface area contributed by atoms with Crippen LogP contribution in [-0.2, 0) is 0 Å². The maximum Gasteiger partial charge on any atom is 0.252 e. The smallest absolute Gasteiger partial charge is 0.252 e. The number of anilines is 9. The maximum atomic E-state index is 2.54. The van der Waals surface area contributed by atoms with Gasteiger partial charge in [0, 0.05) is 51.2 Å². The van der Waals surface area contributed by atoms with Crippen LogP contribution in [0.4, 0.5) is 51.2 Å². The fraction of sp³-hybridized carbons (Fsp3) is 0.0400. The molecule has 0 bridgehead atoms. The Balaban J connectivity index is 1.29. The van der Waals surface area contributed by atoms with Crippen LogP contribution in [0, 0.1) is 0 Å². The average molecular weight is 722 g/mol. The molecular formula is C50H40BN3Si. The number of benzene rings is 8. The lowest BCUT2D eigenvalue weighted by molar-refractivity contribution is 1.24. The Morgan fingerprint density at radius 2 is 0.836 bits per heavy atom. The van der Waals surface area contributed by atoms with Crippen molar-refractivity contribution in [1.82, 2.24) is 0 Å². The number of hydrogen-bond donors (Lipinski definition) is 0. The van der Waals surface area contributed by atoms with Gasteiger partial charge in [-0.15, -0.1) is 0 Å². The number of para-hydroxylation sites is 5. The first-order chi connectivity index (χ1) is 27.1. The molecule has 0 radical (unpaired) electrons. The topological polar surface area (TPSA) is 9.72 Å². The summed E-state index contributed by atoms with van der Waals surface area (Å²) in [6.45, 7) is 5.04. The van der Waals surface area contributed by atoms with Crippen LogP contribution in [0.25, 0.3) is 0 Å². The van der Waals surface area contributed by atoms with Crippen molar-refractivity contribution in [3.8, 4) is 0 Å². The number of nitrogens with zero attached hydrogens (tertiary/aromatic N) is 3. The lowest BCUT2D eigenvalue weighted by Gasteiger charge is -2.45. The third-order valence-corrected chi connectivity index (χ3v) is 15.0. The molecule has 2 aliphatic heterocycles. The highest BCUT2D eigenvalue weighted by atomic mass is 28.3. The summed E-state index contributed by atoms with van der Waals surface area (Å²) in [6, 6.07) is 75.7. The summed E-state index contributed by atoms with van der Waals surface area (Å²) >= 11 is 0. The quantitative estimate of drug-likeness (QED) is 0.152. The number of fused-ring (bicyclic) bond motifs is 4. The second-order valence-electron chi connectivity index (χ2n) is 15.0. The maximum absolute atomic E-state index is 2.54. The van der Waals surface area contributed by atoms with Crippen molar-refractivity contribution in [2.75, 3.05) is 14.7 Å². The molecule has 0 saturated heterocycles. The Morgan fingerprint density at radius 1 is 0.382 bits per heavy atom. The number of rotatable bonds is 7. The molecule has 0 saturated carbocycles. The van der Waals surface area contributed by atoms with Gasteiger partial charge in [0.15, 0.2) is 0 Å². The molecule has 0 fully saturated rings. The molecule has 0 amide bonds. The van der Waals surface area contributed by atoms with E-state index >= 15 is 0 Å². The summed E-state index contributed by atoms with van der Waals surface area (Å²) in [5.41, 5.74) is 14.6. The van der Waals surface area contributed by atoms with Gasteiger partial charge in [0.05, 0.1) is 0 Å².